The fraction of sp³-hybridized carbons (Fsp3) is 1.00. The Morgan fingerprint density at radius 2 is 0.800 bits per heavy atom. The Morgan fingerprint density at radius 3 is 1.15 bits per heavy atom. The van der Waals surface area contributed by atoms with E-state index in [1.54, 1.807) is 0 Å². The van der Waals surface area contributed by atoms with Crippen LogP contribution in [0.15, 0.2) is 0 Å². The monoisotopic (exact) mass is 358 g/mol. The first-order chi connectivity index (χ1) is 8.41. The molecule has 0 rings (SSSR count). The third-order valence-corrected chi connectivity index (χ3v) is 3.34. The van der Waals surface area contributed by atoms with Crippen molar-refractivity contribution in [3.63, 3.8) is 0 Å². The van der Waals surface area contributed by atoms with Crippen molar-refractivity contribution in [3.8, 4) is 0 Å². The quantitative estimate of drug-likeness (QED) is 0.308. The summed E-state index contributed by atoms with van der Waals surface area (Å²) in [6.07, 6.45) is 16.6. The average Bonchev–Trinajstić information content (AvgIpc) is 2.35. The smallest absolute Gasteiger partial charge is 1.00 e. The fourth-order valence-electron chi connectivity index (χ4n) is 2.12. The molecule has 0 fully saturated rings. The maximum atomic E-state index is 4.61. The molecule has 1 nitrogen and oxygen atoms in total. The standard InChI is InChI=1S/C16H34N.2ClH.Ti/c1-3-5-7-9-11-13-15-17-16-14-12-10-8-6-4-2;;;/h3-16H2,1-2H3;2*1H;/q-1;;;+3/p-2. The van der Waals surface area contributed by atoms with Gasteiger partial charge in [-0.2, -0.15) is 0 Å². The molecule has 0 N–H and O–H groups in total. The molecule has 0 unspecified atom stereocenters. The molecule has 0 aromatic heterocycles. The van der Waals surface area contributed by atoms with Crippen molar-refractivity contribution >= 4 is 0 Å². The normalized spacial score (nSPS) is 9.30. The molecule has 0 spiro atoms. The van der Waals surface area contributed by atoms with E-state index >= 15 is 0 Å². The van der Waals surface area contributed by atoms with Gasteiger partial charge in [0.2, 0.25) is 0 Å². The Balaban J connectivity index is -0.000000427. The van der Waals surface area contributed by atoms with Gasteiger partial charge >= 0.3 is 21.7 Å². The van der Waals surface area contributed by atoms with Crippen molar-refractivity contribution in [1.29, 1.82) is 0 Å². The minimum absolute atomic E-state index is 0. The summed E-state index contributed by atoms with van der Waals surface area (Å²) < 4.78 is 0. The van der Waals surface area contributed by atoms with Crippen molar-refractivity contribution in [2.75, 3.05) is 13.1 Å². The van der Waals surface area contributed by atoms with Crippen molar-refractivity contribution in [1.82, 2.24) is 0 Å². The Bertz CT molecular complexity index is 124. The third-order valence-electron chi connectivity index (χ3n) is 3.34. The van der Waals surface area contributed by atoms with E-state index in [0.29, 0.717) is 0 Å². The van der Waals surface area contributed by atoms with E-state index in [1.807, 2.05) is 0 Å². The van der Waals surface area contributed by atoms with Gasteiger partial charge in [-0.25, -0.2) is 0 Å². The van der Waals surface area contributed by atoms with Crippen LogP contribution < -0.4 is 24.8 Å². The summed E-state index contributed by atoms with van der Waals surface area (Å²) >= 11 is 0. The zero-order chi connectivity index (χ0) is 12.6. The van der Waals surface area contributed by atoms with Crippen molar-refractivity contribution < 1.29 is 46.5 Å². The molecule has 0 aliphatic rings. The fourth-order valence-corrected chi connectivity index (χ4v) is 2.12. The second-order valence-corrected chi connectivity index (χ2v) is 5.21. The summed E-state index contributed by atoms with van der Waals surface area (Å²) in [7, 11) is 0. The summed E-state index contributed by atoms with van der Waals surface area (Å²) in [6, 6.07) is 0. The van der Waals surface area contributed by atoms with E-state index in [0.717, 1.165) is 13.1 Å². The van der Waals surface area contributed by atoms with Crippen LogP contribution in [0.2, 0.25) is 0 Å². The molecule has 0 aromatic carbocycles. The van der Waals surface area contributed by atoms with Gasteiger partial charge in [-0.1, -0.05) is 90.9 Å². The summed E-state index contributed by atoms with van der Waals surface area (Å²) in [6.45, 7) is 6.77. The van der Waals surface area contributed by atoms with Gasteiger partial charge in [0.15, 0.2) is 0 Å². The summed E-state index contributed by atoms with van der Waals surface area (Å²) in [5.74, 6) is 0. The predicted molar refractivity (Wildman–Crippen MR) is 79.8 cm³/mol. The van der Waals surface area contributed by atoms with Gasteiger partial charge in [-0.3, -0.25) is 0 Å². The molecule has 0 saturated carbocycles. The van der Waals surface area contributed by atoms with Crippen LogP contribution in [0.5, 0.6) is 0 Å². The molecule has 0 aliphatic carbocycles. The minimum atomic E-state index is 0. The van der Waals surface area contributed by atoms with E-state index in [2.05, 4.69) is 19.2 Å². The largest absolute Gasteiger partial charge is 3.00 e. The maximum absolute atomic E-state index is 4.61. The van der Waals surface area contributed by atoms with Crippen LogP contribution in [-0.2, 0) is 21.7 Å². The molecule has 0 aromatic rings. The van der Waals surface area contributed by atoms with E-state index in [1.165, 1.54) is 77.0 Å². The Kier molecular flexibility index (Phi) is 41.6. The predicted octanol–water partition coefficient (Wildman–Crippen LogP) is 0.0866. The average molecular weight is 359 g/mol. The van der Waals surface area contributed by atoms with Crippen LogP contribution in [0.25, 0.3) is 5.32 Å². The number of hydrogen-bond acceptors (Lipinski definition) is 0. The minimum Gasteiger partial charge on any atom is -1.00 e. The van der Waals surface area contributed by atoms with Crippen molar-refractivity contribution in [2.45, 2.75) is 90.9 Å². The van der Waals surface area contributed by atoms with E-state index in [4.69, 9.17) is 0 Å². The molecule has 1 radical (unpaired) electrons. The van der Waals surface area contributed by atoms with Gasteiger partial charge in [0.05, 0.1) is 0 Å². The molecular formula is C16H34Cl2NTi. The van der Waals surface area contributed by atoms with Crippen LogP contribution in [0.3, 0.4) is 0 Å². The summed E-state index contributed by atoms with van der Waals surface area (Å²) in [4.78, 5) is 0. The molecule has 0 saturated heterocycles. The first-order valence-corrected chi connectivity index (χ1v) is 8.05. The zero-order valence-corrected chi connectivity index (χ0v) is 16.7. The van der Waals surface area contributed by atoms with Gasteiger partial charge in [-0.05, 0) is 0 Å². The Labute approximate surface area is 155 Å². The summed E-state index contributed by atoms with van der Waals surface area (Å²) in [5, 5.41) is 4.61. The van der Waals surface area contributed by atoms with E-state index < -0.39 is 0 Å². The Morgan fingerprint density at radius 1 is 0.500 bits per heavy atom. The van der Waals surface area contributed by atoms with Gasteiger partial charge in [0.1, 0.15) is 0 Å². The molecule has 4 heteroatoms. The molecule has 0 bridgehead atoms. The van der Waals surface area contributed by atoms with Gasteiger partial charge in [-0.15, -0.1) is 13.1 Å². The van der Waals surface area contributed by atoms with Crippen LogP contribution >= 0.6 is 0 Å². The van der Waals surface area contributed by atoms with Crippen LogP contribution in [0, 0.1) is 0 Å². The van der Waals surface area contributed by atoms with Crippen molar-refractivity contribution in [3.05, 3.63) is 5.32 Å². The summed E-state index contributed by atoms with van der Waals surface area (Å²) in [5.41, 5.74) is 0. The van der Waals surface area contributed by atoms with Gasteiger partial charge in [0.25, 0.3) is 0 Å². The zero-order valence-electron chi connectivity index (χ0n) is 13.6. The van der Waals surface area contributed by atoms with Gasteiger partial charge < -0.3 is 30.1 Å². The third kappa shape index (κ3) is 27.6. The first kappa shape index (κ1) is 29.3. The molecule has 0 aliphatic heterocycles. The van der Waals surface area contributed by atoms with E-state index in [9.17, 15) is 0 Å². The van der Waals surface area contributed by atoms with Crippen LogP contribution in [0.4, 0.5) is 0 Å². The van der Waals surface area contributed by atoms with Gasteiger partial charge in [0, 0.05) is 0 Å². The van der Waals surface area contributed by atoms with Crippen LogP contribution in [-0.4, -0.2) is 13.1 Å². The first-order valence-electron chi connectivity index (χ1n) is 8.05. The number of hydrogen-bond donors (Lipinski definition) is 0. The Hall–Kier alpha value is 1.25. The maximum Gasteiger partial charge on any atom is 3.00 e. The second-order valence-electron chi connectivity index (χ2n) is 5.21. The topological polar surface area (TPSA) is 14.1 Å². The molecule has 0 amide bonds. The molecule has 0 atom stereocenters. The second kappa shape index (κ2) is 28.4. The van der Waals surface area contributed by atoms with Crippen LogP contribution in [0.1, 0.15) is 90.9 Å². The number of rotatable bonds is 14. The number of nitrogens with zero attached hydrogens (tertiary/aromatic N) is 1. The number of unbranched alkanes of at least 4 members (excludes halogenated alkanes) is 10. The molecule has 0 heterocycles. The SMILES string of the molecule is CCCCCCCC[N-]CCCCCCCC.[Cl-].[Cl-].[Ti+3]. The van der Waals surface area contributed by atoms with Crippen molar-refractivity contribution in [2.24, 2.45) is 0 Å². The van der Waals surface area contributed by atoms with E-state index in [-0.39, 0.29) is 46.5 Å². The molecule has 20 heavy (non-hydrogen) atoms. The molecular weight excluding hydrogens is 325 g/mol. The molecule has 121 valence electrons. The number of halogens is 2.